The molecule has 0 spiro atoms. The molecule has 27 heteroatoms. The Hall–Kier alpha value is -9.84. The summed E-state index contributed by atoms with van der Waals surface area (Å²) in [7, 11) is 8.66. The average Bonchev–Trinajstić information content (AvgIpc) is 1.15. The van der Waals surface area contributed by atoms with E-state index >= 15 is 0 Å². The number of fused-ring (bicyclic) bond motifs is 8. The van der Waals surface area contributed by atoms with Crippen molar-refractivity contribution in [3.05, 3.63) is 157 Å². The van der Waals surface area contributed by atoms with Gasteiger partial charge in [-0.15, -0.1) is 0 Å². The van der Waals surface area contributed by atoms with Gasteiger partial charge in [0.15, 0.2) is 18.6 Å². The predicted octanol–water partition coefficient (Wildman–Crippen LogP) is 13.3. The van der Waals surface area contributed by atoms with E-state index in [1.54, 1.807) is 0 Å². The van der Waals surface area contributed by atoms with E-state index in [4.69, 9.17) is 78.9 Å². The Morgan fingerprint density at radius 1 is 0.500 bits per heavy atom. The molecular weight excluding hydrogens is 1540 g/mol. The second kappa shape index (κ2) is 31.4. The molecule has 9 aromatic rings. The molecule has 0 amide bonds. The van der Waals surface area contributed by atoms with Crippen LogP contribution in [0, 0.1) is 40.3 Å². The molecule has 11 aliphatic rings. The van der Waals surface area contributed by atoms with Gasteiger partial charge in [-0.05, 0) is 187 Å². The maximum Gasteiger partial charge on any atom is 0.318 e. The first kappa shape index (κ1) is 76.8. The zero-order valence-electron chi connectivity index (χ0n) is 68.1. The SMILES string of the molecule is C[C@@H]1C[C@@H](N(C)c2nc(OC[C@@H]3CC(c4ccc(Cl)c5c(N6CCc7c(nc(OCC89CCCN8CCC9)nc7N(C)[C@@H]7CCN(C#N)C7)C6)cccc45)CN3C)nc3c2CCN(c2cccc4c(C5C[C@@H](COc6nc7c(c(N8CC[C@@H]9CN(C#N)C[C@@H]98)n6)CCN(c6cccc8cccc(Cl)c68)C7)N(C)C5)ccc(Cl)c24)C3)CN1C#N. The number of anilines is 6. The van der Waals surface area contributed by atoms with E-state index in [0.29, 0.717) is 94.5 Å². The van der Waals surface area contributed by atoms with Gasteiger partial charge in [0.2, 0.25) is 0 Å². The normalized spacial score (nSPS) is 24.9. The van der Waals surface area contributed by atoms with Crippen LogP contribution in [0.3, 0.4) is 0 Å². The summed E-state index contributed by atoms with van der Waals surface area (Å²) in [4.78, 5) is 59.2. The Balaban J connectivity index is 0.541. The van der Waals surface area contributed by atoms with Crippen molar-refractivity contribution in [3.8, 4) is 36.6 Å². The Labute approximate surface area is 705 Å². The van der Waals surface area contributed by atoms with Crippen molar-refractivity contribution < 1.29 is 14.2 Å². The van der Waals surface area contributed by atoms with Crippen molar-refractivity contribution in [2.75, 3.05) is 162 Å². The van der Waals surface area contributed by atoms with Gasteiger partial charge in [-0.25, -0.2) is 0 Å². The summed E-state index contributed by atoms with van der Waals surface area (Å²) in [6.07, 6.45) is 18.6. The number of nitriles is 3. The van der Waals surface area contributed by atoms with Crippen molar-refractivity contribution >= 4 is 102 Å². The number of hydrogen-bond donors (Lipinski definition) is 0. The number of likely N-dealkylation sites (N-methyl/N-ethyl adjacent to an activating group) is 4. The minimum atomic E-state index is 0.0494. The zero-order chi connectivity index (χ0) is 80.4. The van der Waals surface area contributed by atoms with Crippen LogP contribution in [0.5, 0.6) is 18.0 Å². The van der Waals surface area contributed by atoms with E-state index < -0.39 is 0 Å². The number of halogens is 3. The van der Waals surface area contributed by atoms with Crippen LogP contribution < -0.4 is 43.6 Å². The van der Waals surface area contributed by atoms with Crippen LogP contribution in [0.25, 0.3) is 32.3 Å². The number of rotatable bonds is 19. The quantitative estimate of drug-likeness (QED) is 0.0688. The van der Waals surface area contributed by atoms with Crippen molar-refractivity contribution in [3.63, 3.8) is 0 Å². The Bertz CT molecular complexity index is 5530. The Kier molecular flexibility index (Phi) is 20.4. The third kappa shape index (κ3) is 13.8. The van der Waals surface area contributed by atoms with E-state index in [1.807, 2.05) is 26.8 Å². The fourth-order valence-corrected chi connectivity index (χ4v) is 23.3. The zero-order valence-corrected chi connectivity index (χ0v) is 70.4. The average molecular weight is 1640 g/mol. The first-order valence-corrected chi connectivity index (χ1v) is 43.9. The molecule has 9 atom stereocenters. The lowest BCUT2D eigenvalue weighted by Crippen LogP contribution is -2.43. The standard InChI is InChI=1S/C91H102Cl3N21O3/c1-56-38-62(45-113(56)55-97)107(5)86-70-27-35-111(79-18-8-14-67-66(21-22-73(93)83(67)79)60-40-64(105(3)42-60)51-117-89-99-77-48-110(78-17-7-13-57-12-6-16-72(92)82(57)78)36-28-71(77)87(103-89)115-37-24-58-43-109(54-96)49-81(58)115)46-75(70)98-88(101-86)116-50-63-39-59(41-104(63)2)65-20-23-74(94)84-68(65)15-9-19-80(84)112-34-26-69-76(47-112)100-90(118-52-91-29-10-31-114(91)32-11-30-91)102-85(69)106(4)61-25-33-108(44-61)53-95/h6-9,12-23,56,58-64,81H,10-11,24-52H2,1-5H3/t56-,58-,59?,60?,61-,62-,63+,64+,81+/m1/s1. The first-order valence-electron chi connectivity index (χ1n) is 42.8. The molecule has 0 N–H and O–H groups in total. The van der Waals surface area contributed by atoms with Gasteiger partial charge in [0.1, 0.15) is 37.3 Å². The fraction of sp³-hybridized carbons (Fsp3) is 0.505. The molecule has 8 fully saturated rings. The smallest absolute Gasteiger partial charge is 0.318 e. The molecule has 0 bridgehead atoms. The number of benzene rings is 6. The second-order valence-corrected chi connectivity index (χ2v) is 36.7. The minimum absolute atomic E-state index is 0.0494. The Morgan fingerprint density at radius 3 is 1.59 bits per heavy atom. The molecule has 118 heavy (non-hydrogen) atoms. The van der Waals surface area contributed by atoms with Crippen LogP contribution >= 0.6 is 34.8 Å². The highest BCUT2D eigenvalue weighted by Gasteiger charge is 2.47. The van der Waals surface area contributed by atoms with Crippen LogP contribution in [0.2, 0.25) is 15.1 Å². The third-order valence-corrected chi connectivity index (χ3v) is 29.9. The molecular formula is C91H102Cl3N21O3. The maximum absolute atomic E-state index is 10.2. The van der Waals surface area contributed by atoms with Crippen molar-refractivity contribution in [1.29, 1.82) is 15.8 Å². The fourth-order valence-electron chi connectivity index (χ4n) is 22.5. The molecule has 3 aromatic heterocycles. The summed E-state index contributed by atoms with van der Waals surface area (Å²) in [5, 5.41) is 38.7. The Morgan fingerprint density at radius 2 is 1.03 bits per heavy atom. The molecule has 14 heterocycles. The first-order chi connectivity index (χ1) is 57.5. The van der Waals surface area contributed by atoms with Gasteiger partial charge >= 0.3 is 18.0 Å². The molecule has 0 saturated carbocycles. The van der Waals surface area contributed by atoms with E-state index in [2.05, 4.69) is 183 Å². The van der Waals surface area contributed by atoms with Crippen molar-refractivity contribution in [2.24, 2.45) is 5.92 Å². The van der Waals surface area contributed by atoms with Crippen LogP contribution in [0.15, 0.2) is 97.1 Å². The third-order valence-electron chi connectivity index (χ3n) is 29.0. The summed E-state index contributed by atoms with van der Waals surface area (Å²) in [5.74, 6) is 3.52. The number of aromatic nitrogens is 6. The van der Waals surface area contributed by atoms with Gasteiger partial charge in [0.25, 0.3) is 0 Å². The molecule has 610 valence electrons. The van der Waals surface area contributed by atoms with E-state index in [9.17, 15) is 15.8 Å². The van der Waals surface area contributed by atoms with Gasteiger partial charge in [-0.2, -0.15) is 45.7 Å². The van der Waals surface area contributed by atoms with Gasteiger partial charge in [0, 0.05) is 160 Å². The van der Waals surface area contributed by atoms with E-state index in [-0.39, 0.29) is 53.6 Å². The number of likely N-dealkylation sites (tertiary alicyclic amines) is 5. The minimum Gasteiger partial charge on any atom is -0.462 e. The largest absolute Gasteiger partial charge is 0.462 e. The molecule has 20 rings (SSSR count). The molecule has 0 aliphatic carbocycles. The monoisotopic (exact) mass is 1640 g/mol. The highest BCUT2D eigenvalue weighted by atomic mass is 35.5. The summed E-state index contributed by atoms with van der Waals surface area (Å²) in [6.45, 7) is 15.8. The maximum atomic E-state index is 10.2. The van der Waals surface area contributed by atoms with Crippen LogP contribution in [0.4, 0.5) is 34.5 Å². The predicted molar refractivity (Wildman–Crippen MR) is 463 cm³/mol. The van der Waals surface area contributed by atoms with E-state index in [0.717, 1.165) is 228 Å². The summed E-state index contributed by atoms with van der Waals surface area (Å²) in [5.41, 5.74) is 12.1. The lowest BCUT2D eigenvalue weighted by molar-refractivity contribution is 0.107. The summed E-state index contributed by atoms with van der Waals surface area (Å²) < 4.78 is 20.6. The summed E-state index contributed by atoms with van der Waals surface area (Å²) in [6, 6.07) is 36.3. The summed E-state index contributed by atoms with van der Waals surface area (Å²) >= 11 is 21.9. The molecule has 2 unspecified atom stereocenters. The number of ether oxygens (including phenoxy) is 3. The van der Waals surface area contributed by atoms with Gasteiger partial charge in [-0.1, -0.05) is 95.5 Å². The topological polar surface area (TPSA) is 215 Å². The van der Waals surface area contributed by atoms with Crippen LogP contribution in [-0.2, 0) is 38.9 Å². The highest BCUT2D eigenvalue weighted by Crippen LogP contribution is 2.48. The van der Waals surface area contributed by atoms with Gasteiger partial charge in [0.05, 0.1) is 75.4 Å². The van der Waals surface area contributed by atoms with Crippen LogP contribution in [0.1, 0.15) is 121 Å². The van der Waals surface area contributed by atoms with E-state index in [1.165, 1.54) is 29.5 Å². The number of hydrogen-bond acceptors (Lipinski definition) is 24. The second-order valence-electron chi connectivity index (χ2n) is 35.5. The van der Waals surface area contributed by atoms with Crippen molar-refractivity contribution in [2.45, 2.75) is 157 Å². The lowest BCUT2D eigenvalue weighted by atomic mass is 9.90. The molecule has 24 nitrogen and oxygen atoms in total. The lowest BCUT2D eigenvalue weighted by Gasteiger charge is -2.35. The molecule has 8 saturated heterocycles. The van der Waals surface area contributed by atoms with Crippen LogP contribution in [-0.4, -0.2) is 234 Å². The van der Waals surface area contributed by atoms with Crippen molar-refractivity contribution in [1.82, 2.24) is 59.3 Å². The molecule has 6 aromatic carbocycles. The molecule has 0 radical (unpaired) electrons. The number of nitrogens with zero attached hydrogens (tertiary/aromatic N) is 21. The van der Waals surface area contributed by atoms with Gasteiger partial charge < -0.3 is 58.3 Å². The molecule has 11 aliphatic heterocycles. The van der Waals surface area contributed by atoms with Gasteiger partial charge in [-0.3, -0.25) is 14.7 Å². The highest BCUT2D eigenvalue weighted by molar-refractivity contribution is 6.38.